The van der Waals surface area contributed by atoms with Crippen molar-refractivity contribution in [1.29, 1.82) is 0 Å². The van der Waals surface area contributed by atoms with Crippen molar-refractivity contribution in [3.63, 3.8) is 0 Å². The first-order valence-electron chi connectivity index (χ1n) is 7.75. The molecule has 124 valence electrons. The minimum atomic E-state index is -0.728. The van der Waals surface area contributed by atoms with Crippen molar-refractivity contribution >= 4 is 11.8 Å². The number of rotatable bonds is 5. The van der Waals surface area contributed by atoms with E-state index in [1.807, 2.05) is 42.5 Å². The molecule has 0 N–H and O–H groups in total. The Morgan fingerprint density at radius 2 is 1.44 bits per heavy atom. The van der Waals surface area contributed by atoms with Crippen molar-refractivity contribution < 1.29 is 18.7 Å². The highest BCUT2D eigenvalue weighted by Gasteiger charge is 2.12. The molecule has 0 atom stereocenters. The lowest BCUT2D eigenvalue weighted by atomic mass is 10.0. The normalized spacial score (nSPS) is 10.3. The van der Waals surface area contributed by atoms with Crippen molar-refractivity contribution in [2.45, 2.75) is 0 Å². The maximum Gasteiger partial charge on any atom is 0.338 e. The van der Waals surface area contributed by atoms with Crippen LogP contribution in [0, 0.1) is 5.82 Å². The molecule has 0 spiro atoms. The molecule has 0 heterocycles. The van der Waals surface area contributed by atoms with Gasteiger partial charge in [-0.05, 0) is 29.3 Å². The van der Waals surface area contributed by atoms with Crippen LogP contribution in [-0.4, -0.2) is 18.4 Å². The van der Waals surface area contributed by atoms with E-state index in [0.29, 0.717) is 5.56 Å². The van der Waals surface area contributed by atoms with Crippen LogP contribution in [0.4, 0.5) is 4.39 Å². The van der Waals surface area contributed by atoms with Crippen molar-refractivity contribution in [3.05, 3.63) is 95.8 Å². The number of carbonyl (C=O) groups excluding carboxylic acids is 2. The molecule has 25 heavy (non-hydrogen) atoms. The number of hydrogen-bond donors (Lipinski definition) is 0. The topological polar surface area (TPSA) is 43.4 Å². The van der Waals surface area contributed by atoms with Gasteiger partial charge in [-0.3, -0.25) is 4.79 Å². The first-order valence-corrected chi connectivity index (χ1v) is 7.75. The van der Waals surface area contributed by atoms with Gasteiger partial charge in [-0.1, -0.05) is 60.7 Å². The molecule has 3 rings (SSSR count). The maximum absolute atomic E-state index is 13.1. The molecular weight excluding hydrogens is 319 g/mol. The molecular formula is C21H15FO3. The molecule has 3 nitrogen and oxygen atoms in total. The van der Waals surface area contributed by atoms with Crippen LogP contribution in [0.15, 0.2) is 78.9 Å². The minimum Gasteiger partial charge on any atom is -0.454 e. The van der Waals surface area contributed by atoms with Crippen LogP contribution >= 0.6 is 0 Å². The molecule has 0 aromatic heterocycles. The average molecular weight is 334 g/mol. The summed E-state index contributed by atoms with van der Waals surface area (Å²) in [7, 11) is 0. The lowest BCUT2D eigenvalue weighted by Crippen LogP contribution is -2.14. The number of Topliss-reactive ketones (excluding diaryl/α,β-unsaturated/α-hetero) is 1. The Morgan fingerprint density at radius 3 is 2.12 bits per heavy atom. The largest absolute Gasteiger partial charge is 0.454 e. The number of carbonyl (C=O) groups is 2. The monoisotopic (exact) mass is 334 g/mol. The number of ether oxygens (including phenoxy) is 1. The first-order chi connectivity index (χ1) is 12.1. The van der Waals surface area contributed by atoms with E-state index in [4.69, 9.17) is 4.74 Å². The van der Waals surface area contributed by atoms with Gasteiger partial charge in [0.15, 0.2) is 12.4 Å². The van der Waals surface area contributed by atoms with Crippen molar-refractivity contribution in [2.75, 3.05) is 6.61 Å². The molecule has 0 unspecified atom stereocenters. The van der Waals surface area contributed by atoms with Gasteiger partial charge in [-0.25, -0.2) is 9.18 Å². The molecule has 0 radical (unpaired) electrons. The van der Waals surface area contributed by atoms with Gasteiger partial charge in [-0.2, -0.15) is 0 Å². The summed E-state index contributed by atoms with van der Waals surface area (Å²) in [5.41, 5.74) is 2.58. The minimum absolute atomic E-state index is 0.0761. The van der Waals surface area contributed by atoms with Crippen molar-refractivity contribution in [3.8, 4) is 11.1 Å². The van der Waals surface area contributed by atoms with E-state index in [-0.39, 0.29) is 18.0 Å². The molecule has 0 aliphatic heterocycles. The highest BCUT2D eigenvalue weighted by Crippen LogP contribution is 2.19. The second kappa shape index (κ2) is 7.53. The van der Waals surface area contributed by atoms with E-state index in [9.17, 15) is 14.0 Å². The Bertz CT molecular complexity index is 887. The van der Waals surface area contributed by atoms with Crippen LogP contribution in [0.2, 0.25) is 0 Å². The van der Waals surface area contributed by atoms with Crippen LogP contribution in [0.1, 0.15) is 20.7 Å². The highest BCUT2D eigenvalue weighted by molar-refractivity contribution is 5.99. The van der Waals surface area contributed by atoms with Gasteiger partial charge in [0.2, 0.25) is 0 Å². The fourth-order valence-corrected chi connectivity index (χ4v) is 2.39. The Hall–Kier alpha value is -3.27. The van der Waals surface area contributed by atoms with Crippen molar-refractivity contribution in [2.24, 2.45) is 0 Å². The SMILES string of the molecule is O=C(COC(=O)c1cccc(F)c1)c1ccc(-c2ccccc2)cc1. The summed E-state index contributed by atoms with van der Waals surface area (Å²) >= 11 is 0. The average Bonchev–Trinajstić information content (AvgIpc) is 2.66. The van der Waals surface area contributed by atoms with E-state index >= 15 is 0 Å². The number of esters is 1. The summed E-state index contributed by atoms with van der Waals surface area (Å²) in [4.78, 5) is 24.0. The molecule has 0 fully saturated rings. The number of hydrogen-bond acceptors (Lipinski definition) is 3. The van der Waals surface area contributed by atoms with Crippen LogP contribution < -0.4 is 0 Å². The zero-order chi connectivity index (χ0) is 17.6. The molecule has 0 aliphatic carbocycles. The van der Waals surface area contributed by atoms with E-state index in [2.05, 4.69) is 0 Å². The number of halogens is 1. The summed E-state index contributed by atoms with van der Waals surface area (Å²) < 4.78 is 18.1. The van der Waals surface area contributed by atoms with Crippen LogP contribution in [0.25, 0.3) is 11.1 Å². The Kier molecular flexibility index (Phi) is 5.00. The van der Waals surface area contributed by atoms with Crippen LogP contribution in [0.3, 0.4) is 0 Å². The molecule has 3 aromatic rings. The van der Waals surface area contributed by atoms with E-state index in [0.717, 1.165) is 17.2 Å². The molecule has 0 aliphatic rings. The number of ketones is 1. The summed E-state index contributed by atoms with van der Waals surface area (Å²) in [5.74, 6) is -1.57. The Labute approximate surface area is 144 Å². The van der Waals surface area contributed by atoms with Gasteiger partial charge in [0.1, 0.15) is 5.82 Å². The van der Waals surface area contributed by atoms with E-state index in [1.165, 1.54) is 18.2 Å². The lowest BCUT2D eigenvalue weighted by molar-refractivity contribution is 0.0474. The van der Waals surface area contributed by atoms with Gasteiger partial charge in [-0.15, -0.1) is 0 Å². The van der Waals surface area contributed by atoms with Gasteiger partial charge < -0.3 is 4.74 Å². The second-order valence-corrected chi connectivity index (χ2v) is 5.45. The summed E-state index contributed by atoms with van der Waals surface area (Å²) in [6.07, 6.45) is 0. The third kappa shape index (κ3) is 4.18. The molecule has 0 bridgehead atoms. The number of benzene rings is 3. The fraction of sp³-hybridized carbons (Fsp3) is 0.0476. The van der Waals surface area contributed by atoms with Gasteiger partial charge in [0, 0.05) is 5.56 Å². The predicted molar refractivity (Wildman–Crippen MR) is 92.9 cm³/mol. The van der Waals surface area contributed by atoms with E-state index in [1.54, 1.807) is 12.1 Å². The van der Waals surface area contributed by atoms with Gasteiger partial charge in [0.05, 0.1) is 5.56 Å². The molecule has 0 saturated carbocycles. The zero-order valence-electron chi connectivity index (χ0n) is 13.3. The van der Waals surface area contributed by atoms with E-state index < -0.39 is 11.8 Å². The molecule has 0 amide bonds. The summed E-state index contributed by atoms with van der Waals surface area (Å²) in [6, 6.07) is 22.0. The maximum atomic E-state index is 13.1. The molecule has 0 saturated heterocycles. The van der Waals surface area contributed by atoms with Crippen LogP contribution in [0.5, 0.6) is 0 Å². The van der Waals surface area contributed by atoms with Gasteiger partial charge >= 0.3 is 5.97 Å². The van der Waals surface area contributed by atoms with Crippen molar-refractivity contribution in [1.82, 2.24) is 0 Å². The highest BCUT2D eigenvalue weighted by atomic mass is 19.1. The smallest absolute Gasteiger partial charge is 0.338 e. The lowest BCUT2D eigenvalue weighted by Gasteiger charge is -2.06. The first kappa shape index (κ1) is 16.6. The summed E-state index contributed by atoms with van der Waals surface area (Å²) in [5, 5.41) is 0. The molecule has 3 aromatic carbocycles. The summed E-state index contributed by atoms with van der Waals surface area (Å²) in [6.45, 7) is -0.389. The predicted octanol–water partition coefficient (Wildman–Crippen LogP) is 4.53. The third-order valence-electron chi connectivity index (χ3n) is 3.71. The zero-order valence-corrected chi connectivity index (χ0v) is 13.3. The second-order valence-electron chi connectivity index (χ2n) is 5.45. The van der Waals surface area contributed by atoms with Gasteiger partial charge in [0.25, 0.3) is 0 Å². The quantitative estimate of drug-likeness (QED) is 0.508. The Morgan fingerprint density at radius 1 is 0.760 bits per heavy atom. The molecule has 4 heteroatoms. The Balaban J connectivity index is 1.63. The van der Waals surface area contributed by atoms with Crippen LogP contribution in [-0.2, 0) is 4.74 Å². The third-order valence-corrected chi connectivity index (χ3v) is 3.71. The fourth-order valence-electron chi connectivity index (χ4n) is 2.39. The standard InChI is InChI=1S/C21H15FO3/c22-19-8-4-7-18(13-19)21(24)25-14-20(23)17-11-9-16(10-12-17)15-5-2-1-3-6-15/h1-13H,14H2.